The average molecular weight is 368 g/mol. The molecule has 0 aliphatic carbocycles. The molecule has 0 aliphatic rings. The Labute approximate surface area is 156 Å². The van der Waals surface area contributed by atoms with Crippen molar-refractivity contribution < 1.29 is 14.3 Å². The Morgan fingerprint density at radius 2 is 1.88 bits per heavy atom. The summed E-state index contributed by atoms with van der Waals surface area (Å²) in [4.78, 5) is 30.5. The van der Waals surface area contributed by atoms with E-state index in [0.717, 1.165) is 26.4 Å². The normalized spacial score (nSPS) is 10.7. The minimum absolute atomic E-state index is 0.261. The predicted octanol–water partition coefficient (Wildman–Crippen LogP) is 3.73. The number of esters is 1. The van der Waals surface area contributed by atoms with Gasteiger partial charge in [-0.3, -0.25) is 4.79 Å². The summed E-state index contributed by atoms with van der Waals surface area (Å²) in [6.45, 7) is 3.91. The third-order valence-electron chi connectivity index (χ3n) is 4.29. The Bertz CT molecular complexity index is 932. The van der Waals surface area contributed by atoms with Crippen LogP contribution in [0.1, 0.15) is 26.5 Å². The number of carbonyl (C=O) groups excluding carboxylic acids is 2. The van der Waals surface area contributed by atoms with Crippen molar-refractivity contribution >= 4 is 33.4 Å². The highest BCUT2D eigenvalue weighted by atomic mass is 32.1. The number of amides is 1. The molecule has 0 aliphatic heterocycles. The van der Waals surface area contributed by atoms with Gasteiger partial charge in [0.1, 0.15) is 5.01 Å². The Balaban J connectivity index is 1.58. The largest absolute Gasteiger partial charge is 0.452 e. The second-order valence-electron chi connectivity index (χ2n) is 6.15. The number of aryl methyl sites for hydroxylation is 1. The van der Waals surface area contributed by atoms with E-state index in [-0.39, 0.29) is 12.5 Å². The molecule has 1 heterocycles. The standard InChI is InChI=1S/C20H20N2O3S/c1-13-7-6-8-15(14(13)2)20(24)25-12-19(23)22(3)11-18-21-16-9-4-5-10-17(16)26-18/h4-10H,11-12H2,1-3H3. The van der Waals surface area contributed by atoms with Crippen LogP contribution in [0.15, 0.2) is 42.5 Å². The van der Waals surface area contributed by atoms with E-state index in [9.17, 15) is 9.59 Å². The molecule has 0 spiro atoms. The van der Waals surface area contributed by atoms with Crippen molar-refractivity contribution in [2.45, 2.75) is 20.4 Å². The van der Waals surface area contributed by atoms with Gasteiger partial charge < -0.3 is 9.64 Å². The number of carbonyl (C=O) groups is 2. The van der Waals surface area contributed by atoms with Crippen LogP contribution < -0.4 is 0 Å². The number of thiazole rings is 1. The summed E-state index contributed by atoms with van der Waals surface area (Å²) < 4.78 is 6.28. The summed E-state index contributed by atoms with van der Waals surface area (Å²) in [5.41, 5.74) is 3.30. The monoisotopic (exact) mass is 368 g/mol. The van der Waals surface area contributed by atoms with Gasteiger partial charge in [-0.25, -0.2) is 9.78 Å². The summed E-state index contributed by atoms with van der Waals surface area (Å²) in [6, 6.07) is 13.3. The number of para-hydroxylation sites is 1. The summed E-state index contributed by atoms with van der Waals surface area (Å²) in [5, 5.41) is 0.850. The lowest BCUT2D eigenvalue weighted by Crippen LogP contribution is -2.30. The number of ether oxygens (including phenoxy) is 1. The van der Waals surface area contributed by atoms with Crippen LogP contribution in [0.2, 0.25) is 0 Å². The van der Waals surface area contributed by atoms with E-state index in [1.165, 1.54) is 4.90 Å². The van der Waals surface area contributed by atoms with Gasteiger partial charge in [0.2, 0.25) is 0 Å². The lowest BCUT2D eigenvalue weighted by molar-refractivity contribution is -0.133. The minimum Gasteiger partial charge on any atom is -0.452 e. The fourth-order valence-corrected chi connectivity index (χ4v) is 3.59. The smallest absolute Gasteiger partial charge is 0.338 e. The maximum Gasteiger partial charge on any atom is 0.338 e. The van der Waals surface area contributed by atoms with E-state index < -0.39 is 5.97 Å². The molecule has 0 bridgehead atoms. The van der Waals surface area contributed by atoms with Crippen molar-refractivity contribution in [3.8, 4) is 0 Å². The van der Waals surface area contributed by atoms with Crippen molar-refractivity contribution in [1.29, 1.82) is 0 Å². The Hall–Kier alpha value is -2.73. The van der Waals surface area contributed by atoms with Crippen molar-refractivity contribution in [3.63, 3.8) is 0 Å². The van der Waals surface area contributed by atoms with E-state index in [4.69, 9.17) is 4.74 Å². The molecule has 0 atom stereocenters. The molecule has 1 amide bonds. The van der Waals surface area contributed by atoms with Crippen LogP contribution in [0.5, 0.6) is 0 Å². The average Bonchev–Trinajstić information content (AvgIpc) is 3.03. The molecule has 0 saturated carbocycles. The summed E-state index contributed by atoms with van der Waals surface area (Å²) in [7, 11) is 1.68. The Kier molecular flexibility index (Phi) is 5.32. The zero-order valence-corrected chi connectivity index (χ0v) is 15.8. The molecule has 0 unspecified atom stereocenters. The van der Waals surface area contributed by atoms with Gasteiger partial charge >= 0.3 is 5.97 Å². The van der Waals surface area contributed by atoms with E-state index in [1.807, 2.05) is 44.2 Å². The molecular formula is C20H20N2O3S. The number of likely N-dealkylation sites (N-methyl/N-ethyl adjacent to an activating group) is 1. The number of fused-ring (bicyclic) bond motifs is 1. The maximum atomic E-state index is 12.3. The predicted molar refractivity (Wildman–Crippen MR) is 102 cm³/mol. The van der Waals surface area contributed by atoms with Gasteiger partial charge in [0.05, 0.1) is 22.3 Å². The van der Waals surface area contributed by atoms with Gasteiger partial charge in [-0.15, -0.1) is 11.3 Å². The van der Waals surface area contributed by atoms with Crippen LogP contribution in [0.3, 0.4) is 0 Å². The number of rotatable bonds is 5. The van der Waals surface area contributed by atoms with Crippen LogP contribution in [0.4, 0.5) is 0 Å². The van der Waals surface area contributed by atoms with Gasteiger partial charge in [-0.1, -0.05) is 24.3 Å². The first-order valence-corrected chi connectivity index (χ1v) is 9.09. The summed E-state index contributed by atoms with van der Waals surface area (Å²) >= 11 is 1.56. The summed E-state index contributed by atoms with van der Waals surface area (Å²) in [5.74, 6) is -0.740. The lowest BCUT2D eigenvalue weighted by Gasteiger charge is -2.16. The third kappa shape index (κ3) is 3.91. The number of benzene rings is 2. The van der Waals surface area contributed by atoms with Crippen LogP contribution in [-0.2, 0) is 16.1 Å². The first-order chi connectivity index (χ1) is 12.5. The minimum atomic E-state index is -0.479. The molecule has 134 valence electrons. The van der Waals surface area contributed by atoms with E-state index in [2.05, 4.69) is 4.98 Å². The highest BCUT2D eigenvalue weighted by Crippen LogP contribution is 2.22. The van der Waals surface area contributed by atoms with E-state index in [0.29, 0.717) is 12.1 Å². The number of hydrogen-bond donors (Lipinski definition) is 0. The van der Waals surface area contributed by atoms with Crippen molar-refractivity contribution in [1.82, 2.24) is 9.88 Å². The highest BCUT2D eigenvalue weighted by molar-refractivity contribution is 7.18. The second kappa shape index (κ2) is 7.66. The number of aromatic nitrogens is 1. The van der Waals surface area contributed by atoms with Crippen LogP contribution in [0, 0.1) is 13.8 Å². The van der Waals surface area contributed by atoms with Crippen LogP contribution in [-0.4, -0.2) is 35.4 Å². The molecule has 26 heavy (non-hydrogen) atoms. The van der Waals surface area contributed by atoms with Crippen LogP contribution >= 0.6 is 11.3 Å². The van der Waals surface area contributed by atoms with Gasteiger partial charge in [0.25, 0.3) is 5.91 Å². The summed E-state index contributed by atoms with van der Waals surface area (Å²) in [6.07, 6.45) is 0. The molecule has 1 aromatic heterocycles. The van der Waals surface area contributed by atoms with Crippen LogP contribution in [0.25, 0.3) is 10.2 Å². The molecule has 6 heteroatoms. The van der Waals surface area contributed by atoms with Crippen molar-refractivity contribution in [2.24, 2.45) is 0 Å². The SMILES string of the molecule is Cc1cccc(C(=O)OCC(=O)N(C)Cc2nc3ccccc3s2)c1C. The van der Waals surface area contributed by atoms with Gasteiger partial charge in [0.15, 0.2) is 6.61 Å². The topological polar surface area (TPSA) is 59.5 Å². The molecule has 3 rings (SSSR count). The van der Waals surface area contributed by atoms with Gasteiger partial charge in [-0.2, -0.15) is 0 Å². The fraction of sp³-hybridized carbons (Fsp3) is 0.250. The van der Waals surface area contributed by atoms with E-state index >= 15 is 0 Å². The highest BCUT2D eigenvalue weighted by Gasteiger charge is 2.17. The fourth-order valence-electron chi connectivity index (χ4n) is 2.57. The maximum absolute atomic E-state index is 12.3. The molecule has 2 aromatic carbocycles. The first-order valence-electron chi connectivity index (χ1n) is 8.27. The Morgan fingerprint density at radius 3 is 2.65 bits per heavy atom. The molecule has 0 saturated heterocycles. The lowest BCUT2D eigenvalue weighted by atomic mass is 10.0. The molecule has 5 nitrogen and oxygen atoms in total. The Morgan fingerprint density at radius 1 is 1.12 bits per heavy atom. The molecule has 0 radical (unpaired) electrons. The zero-order valence-electron chi connectivity index (χ0n) is 15.0. The second-order valence-corrected chi connectivity index (χ2v) is 7.26. The van der Waals surface area contributed by atoms with Gasteiger partial charge in [-0.05, 0) is 43.2 Å². The third-order valence-corrected chi connectivity index (χ3v) is 5.31. The van der Waals surface area contributed by atoms with Gasteiger partial charge in [0, 0.05) is 7.05 Å². The molecular weight excluding hydrogens is 348 g/mol. The van der Waals surface area contributed by atoms with Crippen molar-refractivity contribution in [3.05, 3.63) is 64.2 Å². The van der Waals surface area contributed by atoms with E-state index in [1.54, 1.807) is 30.5 Å². The quantitative estimate of drug-likeness (QED) is 0.644. The van der Waals surface area contributed by atoms with Crippen molar-refractivity contribution in [2.75, 3.05) is 13.7 Å². The number of nitrogens with zero attached hydrogens (tertiary/aromatic N) is 2. The zero-order chi connectivity index (χ0) is 18.7. The molecule has 3 aromatic rings. The number of hydrogen-bond acceptors (Lipinski definition) is 5. The first kappa shape index (κ1) is 18.1. The molecule has 0 fully saturated rings. The molecule has 0 N–H and O–H groups in total.